The van der Waals surface area contributed by atoms with Gasteiger partial charge in [-0.15, -0.1) is 0 Å². The van der Waals surface area contributed by atoms with Gasteiger partial charge in [-0.25, -0.2) is 4.98 Å². The van der Waals surface area contributed by atoms with Gasteiger partial charge in [0.25, 0.3) is 0 Å². The van der Waals surface area contributed by atoms with E-state index in [-0.39, 0.29) is 5.92 Å². The highest BCUT2D eigenvalue weighted by Crippen LogP contribution is 2.55. The van der Waals surface area contributed by atoms with Crippen LogP contribution in [0.4, 0.5) is 11.4 Å². The van der Waals surface area contributed by atoms with Gasteiger partial charge in [0, 0.05) is 45.5 Å². The number of pyridine rings is 1. The molecule has 0 amide bonds. The maximum atomic E-state index is 9.66. The average Bonchev–Trinajstić information content (AvgIpc) is 3.53. The van der Waals surface area contributed by atoms with E-state index in [9.17, 15) is 10.5 Å². The van der Waals surface area contributed by atoms with Crippen LogP contribution in [0.1, 0.15) is 24.0 Å². The Morgan fingerprint density at radius 3 is 2.35 bits per heavy atom. The van der Waals surface area contributed by atoms with Crippen molar-refractivity contribution in [2.45, 2.75) is 18.4 Å². The quantitative estimate of drug-likeness (QED) is 0.221. The van der Waals surface area contributed by atoms with Gasteiger partial charge in [0.15, 0.2) is 0 Å². The summed E-state index contributed by atoms with van der Waals surface area (Å²) in [6, 6.07) is 40.2. The largest absolute Gasteiger partial charge is 0.331 e. The Morgan fingerprint density at radius 1 is 0.767 bits per heavy atom. The summed E-state index contributed by atoms with van der Waals surface area (Å²) in [6.45, 7) is 2.20. The fourth-order valence-corrected chi connectivity index (χ4v) is 6.92. The number of rotatable bonds is 3. The van der Waals surface area contributed by atoms with Crippen molar-refractivity contribution in [3.05, 3.63) is 144 Å². The van der Waals surface area contributed by atoms with Gasteiger partial charge in [-0.1, -0.05) is 54.6 Å². The first-order valence-electron chi connectivity index (χ1n) is 14.3. The van der Waals surface area contributed by atoms with Crippen LogP contribution in [0, 0.1) is 22.7 Å². The Hall–Kier alpha value is -5.91. The Balaban J connectivity index is 1.26. The van der Waals surface area contributed by atoms with Gasteiger partial charge in [0.05, 0.1) is 28.8 Å². The average molecular weight is 552 g/mol. The monoisotopic (exact) mass is 551 g/mol. The van der Waals surface area contributed by atoms with Crippen LogP contribution in [-0.4, -0.2) is 15.1 Å². The maximum absolute atomic E-state index is 9.66. The smallest absolute Gasteiger partial charge is 0.145 e. The second-order valence-electron chi connectivity index (χ2n) is 11.3. The van der Waals surface area contributed by atoms with E-state index in [4.69, 9.17) is 4.98 Å². The molecule has 2 aromatic heterocycles. The van der Waals surface area contributed by atoms with Gasteiger partial charge in [-0.2, -0.15) is 10.5 Å². The van der Waals surface area contributed by atoms with Crippen LogP contribution in [0.25, 0.3) is 38.8 Å². The highest BCUT2D eigenvalue weighted by molar-refractivity contribution is 6.07. The lowest BCUT2D eigenvalue weighted by Gasteiger charge is -2.39. The number of nitrogens with zero attached hydrogens (tertiary/aromatic N) is 5. The second-order valence-corrected chi connectivity index (χ2v) is 11.3. The molecular formula is C38H25N5. The van der Waals surface area contributed by atoms with E-state index < -0.39 is 5.54 Å². The van der Waals surface area contributed by atoms with Gasteiger partial charge in [0.2, 0.25) is 0 Å². The van der Waals surface area contributed by atoms with Crippen LogP contribution in [0.2, 0.25) is 0 Å². The summed E-state index contributed by atoms with van der Waals surface area (Å²) in [4.78, 5) is 7.11. The van der Waals surface area contributed by atoms with Crippen LogP contribution >= 0.6 is 0 Å². The van der Waals surface area contributed by atoms with E-state index in [0.29, 0.717) is 11.1 Å². The molecule has 0 saturated carbocycles. The number of anilines is 2. The van der Waals surface area contributed by atoms with Gasteiger partial charge < -0.3 is 4.90 Å². The highest BCUT2D eigenvalue weighted by Gasteiger charge is 2.47. The molecule has 0 spiro atoms. The third-order valence-electron chi connectivity index (χ3n) is 8.90. The zero-order valence-corrected chi connectivity index (χ0v) is 23.4. The van der Waals surface area contributed by atoms with Gasteiger partial charge in [-0.05, 0) is 90.4 Å². The third kappa shape index (κ3) is 3.66. The molecule has 6 aromatic rings. The van der Waals surface area contributed by atoms with Crippen molar-refractivity contribution in [3.63, 3.8) is 0 Å². The first kappa shape index (κ1) is 24.9. The molecule has 202 valence electrons. The number of benzene rings is 4. The molecule has 4 aromatic carbocycles. The Morgan fingerprint density at radius 2 is 1.53 bits per heavy atom. The Kier molecular flexibility index (Phi) is 5.38. The molecule has 0 radical (unpaired) electrons. The van der Waals surface area contributed by atoms with Gasteiger partial charge >= 0.3 is 0 Å². The highest BCUT2D eigenvalue weighted by atomic mass is 15.2. The fourth-order valence-electron chi connectivity index (χ4n) is 6.92. The van der Waals surface area contributed by atoms with Crippen LogP contribution in [0.15, 0.2) is 133 Å². The predicted octanol–water partition coefficient (Wildman–Crippen LogP) is 8.73. The molecular weight excluding hydrogens is 526 g/mol. The molecule has 5 heteroatoms. The first-order chi connectivity index (χ1) is 21.1. The molecule has 0 N–H and O–H groups in total. The number of allylic oxidation sites excluding steroid dienone is 2. The standard InChI is InChI=1S/C38H25N5/c1-38-17-16-26(24-40)20-34(38)33-19-25(23-39)14-15-36(33)43(38)30-10-5-8-28(22-30)27-7-4-9-29(21-27)42-35-13-3-2-11-31(35)32-12-6-18-41-37(32)42/h2-22,34H,1H3. The fraction of sp³-hybridized carbons (Fsp3) is 0.0789. The molecule has 0 bridgehead atoms. The van der Waals surface area contributed by atoms with Crippen molar-refractivity contribution < 1.29 is 0 Å². The summed E-state index contributed by atoms with van der Waals surface area (Å²) >= 11 is 0. The van der Waals surface area contributed by atoms with Crippen molar-refractivity contribution in [1.82, 2.24) is 9.55 Å². The lowest BCUT2D eigenvalue weighted by molar-refractivity contribution is 0.540. The molecule has 0 fully saturated rings. The second kappa shape index (κ2) is 9.31. The van der Waals surface area contributed by atoms with Crippen LogP contribution in [0.5, 0.6) is 0 Å². The van der Waals surface area contributed by atoms with Crippen molar-refractivity contribution in [2.24, 2.45) is 0 Å². The van der Waals surface area contributed by atoms with Crippen molar-refractivity contribution in [3.8, 4) is 29.0 Å². The third-order valence-corrected chi connectivity index (χ3v) is 8.90. The molecule has 1 aliphatic carbocycles. The molecule has 8 rings (SSSR count). The minimum atomic E-state index is -0.425. The number of nitriles is 2. The minimum Gasteiger partial charge on any atom is -0.331 e. The molecule has 3 heterocycles. The number of hydrogen-bond acceptors (Lipinski definition) is 4. The molecule has 43 heavy (non-hydrogen) atoms. The normalized spacial score (nSPS) is 18.6. The van der Waals surface area contributed by atoms with E-state index in [0.717, 1.165) is 50.3 Å². The Labute approximate surface area is 249 Å². The molecule has 2 unspecified atom stereocenters. The summed E-state index contributed by atoms with van der Waals surface area (Å²) in [5.74, 6) is -0.0507. The number of para-hydroxylation sites is 1. The summed E-state index contributed by atoms with van der Waals surface area (Å²) in [6.07, 6.45) is 7.92. The SMILES string of the molecule is CC12C=CC(C#N)=CC1c1cc(C#N)ccc1N2c1cccc(-c2cccc(-n3c4ccccc4c4cccnc43)c2)c1. The van der Waals surface area contributed by atoms with E-state index in [1.807, 2.05) is 42.6 Å². The van der Waals surface area contributed by atoms with Crippen LogP contribution in [-0.2, 0) is 0 Å². The van der Waals surface area contributed by atoms with Crippen molar-refractivity contribution in [2.75, 3.05) is 4.90 Å². The number of aromatic nitrogens is 2. The zero-order valence-electron chi connectivity index (χ0n) is 23.4. The maximum Gasteiger partial charge on any atom is 0.145 e. The predicted molar refractivity (Wildman–Crippen MR) is 171 cm³/mol. The van der Waals surface area contributed by atoms with Crippen LogP contribution in [0.3, 0.4) is 0 Å². The molecule has 5 nitrogen and oxygen atoms in total. The molecule has 2 aliphatic rings. The number of fused-ring (bicyclic) bond motifs is 6. The van der Waals surface area contributed by atoms with E-state index in [1.165, 1.54) is 5.39 Å². The summed E-state index contributed by atoms with van der Waals surface area (Å²) in [5.41, 5.74) is 9.32. The summed E-state index contributed by atoms with van der Waals surface area (Å²) < 4.78 is 2.24. The zero-order chi connectivity index (χ0) is 29.1. The van der Waals surface area contributed by atoms with E-state index in [2.05, 4.69) is 113 Å². The minimum absolute atomic E-state index is 0.0507. The Bertz CT molecular complexity index is 2200. The van der Waals surface area contributed by atoms with Crippen LogP contribution < -0.4 is 4.90 Å². The first-order valence-corrected chi connectivity index (χ1v) is 14.3. The molecule has 1 aliphatic heterocycles. The van der Waals surface area contributed by atoms with Gasteiger partial charge in [0.1, 0.15) is 5.65 Å². The van der Waals surface area contributed by atoms with Crippen molar-refractivity contribution >= 4 is 33.3 Å². The van der Waals surface area contributed by atoms with Crippen molar-refractivity contribution in [1.29, 1.82) is 10.5 Å². The van der Waals surface area contributed by atoms with E-state index >= 15 is 0 Å². The van der Waals surface area contributed by atoms with Gasteiger partial charge in [-0.3, -0.25) is 4.57 Å². The summed E-state index contributed by atoms with van der Waals surface area (Å²) in [7, 11) is 0. The molecule has 2 atom stereocenters. The lowest BCUT2D eigenvalue weighted by atomic mass is 9.78. The topological polar surface area (TPSA) is 68.6 Å². The lowest BCUT2D eigenvalue weighted by Crippen LogP contribution is -2.42. The number of hydrogen-bond donors (Lipinski definition) is 0. The molecule has 0 saturated heterocycles. The summed E-state index contributed by atoms with van der Waals surface area (Å²) in [5, 5.41) is 21.6. The van der Waals surface area contributed by atoms with E-state index in [1.54, 1.807) is 0 Å².